The number of carboxylic acid groups (broad SMARTS) is 1. The molecule has 1 aromatic rings. The first-order valence-electron chi connectivity index (χ1n) is 5.66. The second-order valence-corrected chi connectivity index (χ2v) is 4.10. The first-order chi connectivity index (χ1) is 8.91. The smallest absolute Gasteiger partial charge is 0.305 e. The lowest BCUT2D eigenvalue weighted by Crippen LogP contribution is -2.40. The third-order valence-corrected chi connectivity index (χ3v) is 2.54. The zero-order valence-electron chi connectivity index (χ0n) is 10.8. The van der Waals surface area contributed by atoms with Crippen LogP contribution in [0.3, 0.4) is 0 Å². The van der Waals surface area contributed by atoms with Crippen molar-refractivity contribution in [1.82, 2.24) is 9.80 Å². The zero-order valence-corrected chi connectivity index (χ0v) is 10.8. The molecule has 0 radical (unpaired) electrons. The van der Waals surface area contributed by atoms with Crippen LogP contribution in [0, 0.1) is 0 Å². The minimum Gasteiger partial charge on any atom is -0.481 e. The van der Waals surface area contributed by atoms with Gasteiger partial charge in [0.25, 0.3) is 5.91 Å². The van der Waals surface area contributed by atoms with E-state index in [0.29, 0.717) is 0 Å². The SMILES string of the molecule is CN(CCC(=O)O)C(=O)CN(C)C(=O)c1ccco1. The highest BCUT2D eigenvalue weighted by Gasteiger charge is 2.19. The van der Waals surface area contributed by atoms with E-state index in [1.54, 1.807) is 6.07 Å². The molecule has 1 aromatic heterocycles. The van der Waals surface area contributed by atoms with Gasteiger partial charge in [0.1, 0.15) is 0 Å². The molecule has 1 rings (SSSR count). The molecular formula is C12H16N2O5. The number of likely N-dealkylation sites (N-methyl/N-ethyl adjacent to an activating group) is 2. The Kier molecular flexibility index (Phi) is 5.11. The Labute approximate surface area is 110 Å². The van der Waals surface area contributed by atoms with Crippen LogP contribution >= 0.6 is 0 Å². The third-order valence-electron chi connectivity index (χ3n) is 2.54. The van der Waals surface area contributed by atoms with Crippen molar-refractivity contribution in [3.63, 3.8) is 0 Å². The van der Waals surface area contributed by atoms with Gasteiger partial charge in [0.05, 0.1) is 19.2 Å². The first kappa shape index (κ1) is 14.7. The van der Waals surface area contributed by atoms with Gasteiger partial charge in [0.15, 0.2) is 5.76 Å². The van der Waals surface area contributed by atoms with Crippen LogP contribution < -0.4 is 0 Å². The summed E-state index contributed by atoms with van der Waals surface area (Å²) in [5.41, 5.74) is 0. The van der Waals surface area contributed by atoms with Gasteiger partial charge in [-0.3, -0.25) is 14.4 Å². The Morgan fingerprint density at radius 2 is 1.95 bits per heavy atom. The molecule has 0 saturated carbocycles. The third kappa shape index (κ3) is 4.46. The zero-order chi connectivity index (χ0) is 14.4. The number of hydrogen-bond donors (Lipinski definition) is 1. The average Bonchev–Trinajstić information content (AvgIpc) is 2.88. The lowest BCUT2D eigenvalue weighted by Gasteiger charge is -2.20. The van der Waals surface area contributed by atoms with E-state index in [2.05, 4.69) is 0 Å². The maximum atomic E-state index is 11.8. The van der Waals surface area contributed by atoms with Crippen molar-refractivity contribution in [3.8, 4) is 0 Å². The molecule has 0 aromatic carbocycles. The molecule has 1 N–H and O–H groups in total. The Balaban J connectivity index is 2.47. The summed E-state index contributed by atoms with van der Waals surface area (Å²) in [6.07, 6.45) is 1.25. The summed E-state index contributed by atoms with van der Waals surface area (Å²) in [6, 6.07) is 3.10. The second-order valence-electron chi connectivity index (χ2n) is 4.10. The number of aliphatic carboxylic acids is 1. The molecule has 0 saturated heterocycles. The highest BCUT2D eigenvalue weighted by Crippen LogP contribution is 2.04. The topological polar surface area (TPSA) is 91.1 Å². The second kappa shape index (κ2) is 6.58. The average molecular weight is 268 g/mol. The monoisotopic (exact) mass is 268 g/mol. The van der Waals surface area contributed by atoms with Gasteiger partial charge in [-0.25, -0.2) is 0 Å². The summed E-state index contributed by atoms with van der Waals surface area (Å²) in [7, 11) is 2.98. The molecule has 0 aliphatic rings. The predicted octanol–water partition coefficient (Wildman–Crippen LogP) is 0.285. The van der Waals surface area contributed by atoms with Crippen molar-refractivity contribution in [2.24, 2.45) is 0 Å². The van der Waals surface area contributed by atoms with Crippen molar-refractivity contribution in [2.45, 2.75) is 6.42 Å². The van der Waals surface area contributed by atoms with Crippen LogP contribution in [-0.4, -0.2) is 59.9 Å². The van der Waals surface area contributed by atoms with Crippen LogP contribution in [0.5, 0.6) is 0 Å². The molecule has 0 spiro atoms. The molecule has 0 unspecified atom stereocenters. The lowest BCUT2D eigenvalue weighted by molar-refractivity contribution is -0.138. The number of furan rings is 1. The van der Waals surface area contributed by atoms with Crippen molar-refractivity contribution in [1.29, 1.82) is 0 Å². The molecule has 7 nitrogen and oxygen atoms in total. The first-order valence-corrected chi connectivity index (χ1v) is 5.66. The van der Waals surface area contributed by atoms with Crippen LogP contribution in [0.2, 0.25) is 0 Å². The van der Waals surface area contributed by atoms with Gasteiger partial charge >= 0.3 is 5.97 Å². The molecule has 19 heavy (non-hydrogen) atoms. The van der Waals surface area contributed by atoms with Crippen LogP contribution in [-0.2, 0) is 9.59 Å². The van der Waals surface area contributed by atoms with E-state index in [0.717, 1.165) is 0 Å². The Hall–Kier alpha value is -2.31. The van der Waals surface area contributed by atoms with Gasteiger partial charge in [0, 0.05) is 20.6 Å². The van der Waals surface area contributed by atoms with E-state index < -0.39 is 11.9 Å². The summed E-state index contributed by atoms with van der Waals surface area (Å²) in [5, 5.41) is 8.52. The number of carbonyl (C=O) groups is 3. The van der Waals surface area contributed by atoms with E-state index in [1.807, 2.05) is 0 Å². The maximum absolute atomic E-state index is 11.8. The fraction of sp³-hybridized carbons (Fsp3) is 0.417. The molecule has 0 atom stereocenters. The quantitative estimate of drug-likeness (QED) is 0.800. The van der Waals surface area contributed by atoms with E-state index in [9.17, 15) is 14.4 Å². The molecule has 1 heterocycles. The minimum absolute atomic E-state index is 0.108. The number of rotatable bonds is 6. The minimum atomic E-state index is -0.973. The van der Waals surface area contributed by atoms with E-state index in [1.165, 1.54) is 36.2 Å². The highest BCUT2D eigenvalue weighted by atomic mass is 16.4. The van der Waals surface area contributed by atoms with Gasteiger partial charge < -0.3 is 19.3 Å². The predicted molar refractivity (Wildman–Crippen MR) is 65.6 cm³/mol. The summed E-state index contributed by atoms with van der Waals surface area (Å²) < 4.78 is 4.94. The Morgan fingerprint density at radius 1 is 1.26 bits per heavy atom. The highest BCUT2D eigenvalue weighted by molar-refractivity contribution is 5.94. The van der Waals surface area contributed by atoms with Gasteiger partial charge in [-0.15, -0.1) is 0 Å². The number of carboxylic acids is 1. The largest absolute Gasteiger partial charge is 0.481 e. The van der Waals surface area contributed by atoms with Crippen LogP contribution in [0.15, 0.2) is 22.8 Å². The lowest BCUT2D eigenvalue weighted by atomic mass is 10.3. The standard InChI is InChI=1S/C12H16N2O5/c1-13(6-5-11(16)17)10(15)8-14(2)12(18)9-4-3-7-19-9/h3-4,7H,5-6,8H2,1-2H3,(H,16,17). The van der Waals surface area contributed by atoms with Crippen LogP contribution in [0.25, 0.3) is 0 Å². The summed E-state index contributed by atoms with van der Waals surface area (Å²) in [6.45, 7) is -0.0212. The molecule has 7 heteroatoms. The number of amides is 2. The molecule has 0 aliphatic heterocycles. The van der Waals surface area contributed by atoms with Crippen molar-refractivity contribution >= 4 is 17.8 Å². The Morgan fingerprint density at radius 3 is 2.47 bits per heavy atom. The number of hydrogen-bond acceptors (Lipinski definition) is 4. The van der Waals surface area contributed by atoms with Crippen LogP contribution in [0.4, 0.5) is 0 Å². The normalized spacial score (nSPS) is 10.0. The molecule has 0 aliphatic carbocycles. The van der Waals surface area contributed by atoms with Gasteiger partial charge in [-0.2, -0.15) is 0 Å². The molecule has 2 amide bonds. The van der Waals surface area contributed by atoms with E-state index in [-0.39, 0.29) is 31.2 Å². The molecular weight excluding hydrogens is 252 g/mol. The number of carbonyl (C=O) groups excluding carboxylic acids is 2. The Bertz CT molecular complexity index is 455. The molecule has 104 valence electrons. The fourth-order valence-corrected chi connectivity index (χ4v) is 1.37. The van der Waals surface area contributed by atoms with Gasteiger partial charge in [-0.1, -0.05) is 0 Å². The molecule has 0 bridgehead atoms. The summed E-state index contributed by atoms with van der Waals surface area (Å²) in [5.74, 6) is -1.54. The maximum Gasteiger partial charge on any atom is 0.305 e. The number of nitrogens with zero attached hydrogens (tertiary/aromatic N) is 2. The van der Waals surface area contributed by atoms with Crippen molar-refractivity contribution < 1.29 is 23.9 Å². The fourth-order valence-electron chi connectivity index (χ4n) is 1.37. The molecule has 0 fully saturated rings. The summed E-state index contributed by atoms with van der Waals surface area (Å²) in [4.78, 5) is 36.4. The van der Waals surface area contributed by atoms with Gasteiger partial charge in [-0.05, 0) is 12.1 Å². The van der Waals surface area contributed by atoms with Crippen molar-refractivity contribution in [2.75, 3.05) is 27.2 Å². The van der Waals surface area contributed by atoms with Gasteiger partial charge in [0.2, 0.25) is 5.91 Å². The van der Waals surface area contributed by atoms with Crippen LogP contribution in [0.1, 0.15) is 17.0 Å². The summed E-state index contributed by atoms with van der Waals surface area (Å²) >= 11 is 0. The van der Waals surface area contributed by atoms with Crippen molar-refractivity contribution in [3.05, 3.63) is 24.2 Å². The van der Waals surface area contributed by atoms with E-state index >= 15 is 0 Å². The van der Waals surface area contributed by atoms with E-state index in [4.69, 9.17) is 9.52 Å².